The van der Waals surface area contributed by atoms with Crippen LogP contribution in [0.2, 0.25) is 0 Å². The van der Waals surface area contributed by atoms with Crippen molar-refractivity contribution in [2.24, 2.45) is 0 Å². The van der Waals surface area contributed by atoms with Crippen LogP contribution in [-0.2, 0) is 19.1 Å². The highest BCUT2D eigenvalue weighted by Crippen LogP contribution is 2.08. The molecule has 1 aliphatic rings. The van der Waals surface area contributed by atoms with E-state index >= 15 is 0 Å². The van der Waals surface area contributed by atoms with Gasteiger partial charge in [0.2, 0.25) is 0 Å². The summed E-state index contributed by atoms with van der Waals surface area (Å²) in [5.41, 5.74) is 0.245. The van der Waals surface area contributed by atoms with E-state index in [1.165, 1.54) is 18.2 Å². The molecule has 0 aromatic heterocycles. The van der Waals surface area contributed by atoms with Crippen molar-refractivity contribution in [3.63, 3.8) is 0 Å². The van der Waals surface area contributed by atoms with E-state index in [2.05, 4.69) is 4.74 Å². The Kier molecular flexibility index (Phi) is 2.74. The second-order valence-corrected chi connectivity index (χ2v) is 2.54. The molecule has 0 aliphatic heterocycles. The highest BCUT2D eigenvalue weighted by Gasteiger charge is 2.13. The van der Waals surface area contributed by atoms with E-state index in [0.29, 0.717) is 0 Å². The van der Waals surface area contributed by atoms with Gasteiger partial charge in [-0.25, -0.2) is 4.79 Å². The number of rotatable bonds is 1. The van der Waals surface area contributed by atoms with Crippen LogP contribution in [0.25, 0.3) is 0 Å². The predicted molar refractivity (Wildman–Crippen MR) is 43.6 cm³/mol. The summed E-state index contributed by atoms with van der Waals surface area (Å²) < 4.78 is 4.32. The Morgan fingerprint density at radius 2 is 2.08 bits per heavy atom. The molecule has 0 saturated carbocycles. The Hall–Kier alpha value is -1.71. The Morgan fingerprint density at radius 1 is 1.38 bits per heavy atom. The van der Waals surface area contributed by atoms with Crippen molar-refractivity contribution < 1.29 is 19.1 Å². The van der Waals surface area contributed by atoms with E-state index in [4.69, 9.17) is 0 Å². The van der Waals surface area contributed by atoms with Crippen LogP contribution in [0.3, 0.4) is 0 Å². The quantitative estimate of drug-likeness (QED) is 0.436. The number of carbonyl (C=O) groups excluding carboxylic acids is 3. The lowest BCUT2D eigenvalue weighted by Gasteiger charge is -2.03. The highest BCUT2D eigenvalue weighted by atomic mass is 16.6. The van der Waals surface area contributed by atoms with Gasteiger partial charge in [-0.2, -0.15) is 0 Å². The second-order valence-electron chi connectivity index (χ2n) is 2.54. The molecule has 0 atom stereocenters. The number of allylic oxidation sites excluding steroid dienone is 2. The summed E-state index contributed by atoms with van der Waals surface area (Å²) in [7, 11) is 0. The van der Waals surface area contributed by atoms with E-state index < -0.39 is 11.9 Å². The minimum absolute atomic E-state index is 0.0700. The Morgan fingerprint density at radius 3 is 2.54 bits per heavy atom. The Balaban J connectivity index is 2.64. The fourth-order valence-corrected chi connectivity index (χ4v) is 0.870. The van der Waals surface area contributed by atoms with Crippen molar-refractivity contribution >= 4 is 17.7 Å². The van der Waals surface area contributed by atoms with Crippen molar-refractivity contribution in [1.82, 2.24) is 0 Å². The first kappa shape index (κ1) is 9.38. The molecular weight excluding hydrogens is 172 g/mol. The number of esters is 2. The SMILES string of the molecule is CC(=O)OC(=O)C1=CCC(=O)C=C1. The minimum Gasteiger partial charge on any atom is -0.390 e. The molecule has 0 radical (unpaired) electrons. The average Bonchev–Trinajstić information content (AvgIpc) is 2.04. The van der Waals surface area contributed by atoms with Crippen molar-refractivity contribution in [2.75, 3.05) is 0 Å². The van der Waals surface area contributed by atoms with E-state index in [9.17, 15) is 14.4 Å². The fraction of sp³-hybridized carbons (Fsp3) is 0.222. The van der Waals surface area contributed by atoms with E-state index in [0.717, 1.165) is 6.92 Å². The summed E-state index contributed by atoms with van der Waals surface area (Å²) in [4.78, 5) is 32.1. The monoisotopic (exact) mass is 180 g/mol. The van der Waals surface area contributed by atoms with Crippen LogP contribution < -0.4 is 0 Å². The standard InChI is InChI=1S/C9H8O4/c1-6(10)13-9(12)7-2-4-8(11)5-3-7/h2-4H,5H2,1H3. The highest BCUT2D eigenvalue weighted by molar-refractivity contribution is 6.02. The summed E-state index contributed by atoms with van der Waals surface area (Å²) in [5, 5.41) is 0. The van der Waals surface area contributed by atoms with Crippen molar-refractivity contribution in [1.29, 1.82) is 0 Å². The van der Waals surface area contributed by atoms with E-state index in [1.807, 2.05) is 0 Å². The molecule has 0 N–H and O–H groups in total. The zero-order chi connectivity index (χ0) is 9.84. The molecule has 13 heavy (non-hydrogen) atoms. The van der Waals surface area contributed by atoms with Crippen molar-refractivity contribution in [2.45, 2.75) is 13.3 Å². The normalized spacial score (nSPS) is 15.2. The van der Waals surface area contributed by atoms with Crippen LogP contribution in [0.4, 0.5) is 0 Å². The maximum absolute atomic E-state index is 11.0. The molecule has 1 aliphatic carbocycles. The molecule has 4 nitrogen and oxygen atoms in total. The van der Waals surface area contributed by atoms with Crippen LogP contribution in [0, 0.1) is 0 Å². The third kappa shape index (κ3) is 2.66. The number of ketones is 1. The van der Waals surface area contributed by atoms with Gasteiger partial charge in [0.25, 0.3) is 0 Å². The molecule has 4 heteroatoms. The average molecular weight is 180 g/mol. The van der Waals surface area contributed by atoms with Gasteiger partial charge in [-0.15, -0.1) is 0 Å². The van der Waals surface area contributed by atoms with E-state index in [-0.39, 0.29) is 17.8 Å². The maximum Gasteiger partial charge on any atom is 0.345 e. The lowest BCUT2D eigenvalue weighted by atomic mass is 10.1. The first-order valence-electron chi connectivity index (χ1n) is 3.73. The van der Waals surface area contributed by atoms with E-state index in [1.54, 1.807) is 0 Å². The molecule has 0 fully saturated rings. The molecule has 68 valence electrons. The molecule has 0 heterocycles. The number of hydrogen-bond donors (Lipinski definition) is 0. The summed E-state index contributed by atoms with van der Waals surface area (Å²) >= 11 is 0. The Bertz CT molecular complexity index is 323. The lowest BCUT2D eigenvalue weighted by molar-refractivity contribution is -0.154. The third-order valence-corrected chi connectivity index (χ3v) is 1.44. The van der Waals surface area contributed by atoms with Crippen molar-refractivity contribution in [3.8, 4) is 0 Å². The summed E-state index contributed by atoms with van der Waals surface area (Å²) in [5.74, 6) is -1.44. The molecule has 0 unspecified atom stereocenters. The summed E-state index contributed by atoms with van der Waals surface area (Å²) in [6, 6.07) is 0. The number of hydrogen-bond acceptors (Lipinski definition) is 4. The minimum atomic E-state index is -0.712. The molecule has 0 saturated heterocycles. The van der Waals surface area contributed by atoms with Gasteiger partial charge in [-0.3, -0.25) is 9.59 Å². The van der Waals surface area contributed by atoms with Crippen LogP contribution in [-0.4, -0.2) is 17.7 Å². The zero-order valence-corrected chi connectivity index (χ0v) is 7.07. The van der Waals surface area contributed by atoms with Gasteiger partial charge in [0.15, 0.2) is 5.78 Å². The van der Waals surface area contributed by atoms with Gasteiger partial charge in [0.1, 0.15) is 0 Å². The molecule has 0 spiro atoms. The van der Waals surface area contributed by atoms with Crippen LogP contribution >= 0.6 is 0 Å². The molecule has 0 amide bonds. The molecule has 0 aromatic carbocycles. The Labute approximate surface area is 74.9 Å². The zero-order valence-electron chi connectivity index (χ0n) is 7.07. The third-order valence-electron chi connectivity index (χ3n) is 1.44. The van der Waals surface area contributed by atoms with Gasteiger partial charge >= 0.3 is 11.9 Å². The van der Waals surface area contributed by atoms with Gasteiger partial charge in [-0.1, -0.05) is 6.08 Å². The largest absolute Gasteiger partial charge is 0.390 e. The molecule has 0 bridgehead atoms. The van der Waals surface area contributed by atoms with Gasteiger partial charge in [0, 0.05) is 13.3 Å². The first-order chi connectivity index (χ1) is 6.09. The van der Waals surface area contributed by atoms with Gasteiger partial charge < -0.3 is 4.74 Å². The molecule has 1 rings (SSSR count). The predicted octanol–water partition coefficient (Wildman–Crippen LogP) is 0.532. The van der Waals surface area contributed by atoms with Crippen molar-refractivity contribution in [3.05, 3.63) is 23.8 Å². The second kappa shape index (κ2) is 3.80. The van der Waals surface area contributed by atoms with Crippen LogP contribution in [0.15, 0.2) is 23.8 Å². The number of ether oxygens (including phenoxy) is 1. The first-order valence-corrected chi connectivity index (χ1v) is 3.73. The summed E-state index contributed by atoms with van der Waals surface area (Å²) in [6.45, 7) is 1.15. The topological polar surface area (TPSA) is 60.4 Å². The number of carbonyl (C=O) groups is 3. The lowest BCUT2D eigenvalue weighted by Crippen LogP contribution is -2.12. The fourth-order valence-electron chi connectivity index (χ4n) is 0.870. The molecule has 0 aromatic rings. The maximum atomic E-state index is 11.0. The summed E-state index contributed by atoms with van der Waals surface area (Å²) in [6.07, 6.45) is 4.25. The van der Waals surface area contributed by atoms with Crippen LogP contribution in [0.5, 0.6) is 0 Å². The molecular formula is C9H8O4. The smallest absolute Gasteiger partial charge is 0.345 e. The van der Waals surface area contributed by atoms with Crippen LogP contribution in [0.1, 0.15) is 13.3 Å². The van der Waals surface area contributed by atoms with Gasteiger partial charge in [0.05, 0.1) is 5.57 Å². The van der Waals surface area contributed by atoms with Gasteiger partial charge in [-0.05, 0) is 12.2 Å².